The molecule has 0 aromatic heterocycles. The molecule has 0 heterocycles. The molecule has 13 heteroatoms. The quantitative estimate of drug-likeness (QED) is 0.368. The molecular formula is C24H21FeO12. The van der Waals surface area contributed by atoms with Crippen LogP contribution in [0.25, 0.3) is 0 Å². The van der Waals surface area contributed by atoms with E-state index in [9.17, 15) is 29.7 Å². The number of hydrogen-bond donors (Lipinski definition) is 3. The molecular weight excluding hydrogens is 536 g/mol. The van der Waals surface area contributed by atoms with Gasteiger partial charge in [0.1, 0.15) is 17.2 Å². The normalized spacial score (nSPS) is 9.16. The Labute approximate surface area is 221 Å². The van der Waals surface area contributed by atoms with Crippen molar-refractivity contribution in [2.75, 3.05) is 21.3 Å². The maximum Gasteiger partial charge on any atom is 3.00 e. The summed E-state index contributed by atoms with van der Waals surface area (Å²) >= 11 is 0. The molecule has 3 aromatic rings. The summed E-state index contributed by atoms with van der Waals surface area (Å²) in [5.74, 6) is -4.03. The van der Waals surface area contributed by atoms with Gasteiger partial charge in [-0.2, -0.15) is 0 Å². The van der Waals surface area contributed by atoms with Crippen LogP contribution in [0.15, 0.2) is 54.6 Å². The fraction of sp³-hybridized carbons (Fsp3) is 0.125. The first-order chi connectivity index (χ1) is 16.9. The molecule has 0 saturated carbocycles. The summed E-state index contributed by atoms with van der Waals surface area (Å²) < 4.78 is 14.0. The van der Waals surface area contributed by atoms with Gasteiger partial charge in [0.2, 0.25) is 0 Å². The summed E-state index contributed by atoms with van der Waals surface area (Å²) in [6.07, 6.45) is 0. The largest absolute Gasteiger partial charge is 3.00 e. The van der Waals surface area contributed by atoms with Crippen LogP contribution < -0.4 is 29.5 Å². The van der Waals surface area contributed by atoms with Gasteiger partial charge in [0, 0.05) is 0 Å². The van der Waals surface area contributed by atoms with Gasteiger partial charge >= 0.3 is 35.0 Å². The van der Waals surface area contributed by atoms with E-state index in [0.29, 0.717) is 0 Å². The number of carboxylic acid groups (broad SMARTS) is 3. The molecule has 0 amide bonds. The molecule has 0 aliphatic carbocycles. The number of carboxylic acids is 3. The zero-order valence-corrected chi connectivity index (χ0v) is 20.7. The number of benzene rings is 3. The molecule has 0 spiro atoms. The van der Waals surface area contributed by atoms with E-state index >= 15 is 0 Å². The molecule has 12 nitrogen and oxygen atoms in total. The Morgan fingerprint density at radius 3 is 0.919 bits per heavy atom. The third-order valence-electron chi connectivity index (χ3n) is 4.23. The summed E-state index contributed by atoms with van der Waals surface area (Å²) in [5.41, 5.74) is 0.143. The van der Waals surface area contributed by atoms with Crippen molar-refractivity contribution in [2.45, 2.75) is 0 Å². The number of aromatic carboxylic acids is 3. The van der Waals surface area contributed by atoms with E-state index in [-0.39, 0.29) is 68.3 Å². The van der Waals surface area contributed by atoms with Gasteiger partial charge in [0.25, 0.3) is 0 Å². The number of ether oxygens (including phenoxy) is 3. The van der Waals surface area contributed by atoms with E-state index in [4.69, 9.17) is 15.3 Å². The smallest absolute Gasteiger partial charge is 0.870 e. The Bertz CT molecular complexity index is 1080. The predicted octanol–water partition coefficient (Wildman–Crippen LogP) is 1.40. The van der Waals surface area contributed by atoms with E-state index in [2.05, 4.69) is 14.2 Å². The van der Waals surface area contributed by atoms with Crippen molar-refractivity contribution in [3.8, 4) is 34.5 Å². The van der Waals surface area contributed by atoms with Crippen LogP contribution in [0.2, 0.25) is 0 Å². The van der Waals surface area contributed by atoms with Crippen LogP contribution in [0.4, 0.5) is 0 Å². The van der Waals surface area contributed by atoms with Gasteiger partial charge < -0.3 is 44.8 Å². The molecule has 0 bridgehead atoms. The van der Waals surface area contributed by atoms with Crippen molar-refractivity contribution in [3.05, 3.63) is 71.3 Å². The second-order valence-corrected chi connectivity index (χ2v) is 6.51. The van der Waals surface area contributed by atoms with Gasteiger partial charge in [-0.05, 0) is 36.4 Å². The average molecular weight is 557 g/mol. The second kappa shape index (κ2) is 15.4. The van der Waals surface area contributed by atoms with E-state index in [1.165, 1.54) is 75.9 Å². The summed E-state index contributed by atoms with van der Waals surface area (Å²) in [5, 5.41) is 58.3. The summed E-state index contributed by atoms with van der Waals surface area (Å²) in [7, 11) is 3.97. The first-order valence-corrected chi connectivity index (χ1v) is 9.70. The molecule has 0 fully saturated rings. The van der Waals surface area contributed by atoms with Crippen molar-refractivity contribution >= 4 is 17.9 Å². The standard InChI is InChI=1S/3C8H8O4.Fe/c3*1-12-7-4-5(8(10)11)2-3-6(7)9;/h3*2-4,9H,1H3,(H,10,11);/q;;;+3/p-3. The number of rotatable bonds is 6. The molecule has 37 heavy (non-hydrogen) atoms. The van der Waals surface area contributed by atoms with E-state index in [0.717, 1.165) is 0 Å². The number of methoxy groups -OCH3 is 3. The number of hydrogen-bond acceptors (Lipinski definition) is 9. The van der Waals surface area contributed by atoms with Gasteiger partial charge in [-0.15, -0.1) is 0 Å². The monoisotopic (exact) mass is 557 g/mol. The van der Waals surface area contributed by atoms with E-state index < -0.39 is 17.9 Å². The molecule has 0 atom stereocenters. The molecule has 0 aliphatic heterocycles. The van der Waals surface area contributed by atoms with Crippen LogP contribution in [0.3, 0.4) is 0 Å². The van der Waals surface area contributed by atoms with Crippen LogP contribution in [0.1, 0.15) is 31.1 Å². The van der Waals surface area contributed by atoms with Crippen molar-refractivity contribution < 1.29 is 76.3 Å². The third-order valence-corrected chi connectivity index (χ3v) is 4.23. The maximum atomic E-state index is 10.9. The van der Waals surface area contributed by atoms with Gasteiger partial charge in [-0.25, -0.2) is 14.4 Å². The molecule has 1 radical (unpaired) electrons. The van der Waals surface area contributed by atoms with Crippen molar-refractivity contribution in [3.63, 3.8) is 0 Å². The molecule has 3 N–H and O–H groups in total. The van der Waals surface area contributed by atoms with Crippen LogP contribution in [-0.2, 0) is 17.1 Å². The molecule has 0 unspecified atom stereocenters. The van der Waals surface area contributed by atoms with E-state index in [1.807, 2.05) is 0 Å². The Morgan fingerprint density at radius 1 is 0.541 bits per heavy atom. The topological polar surface area (TPSA) is 209 Å². The summed E-state index contributed by atoms with van der Waals surface area (Å²) in [6.45, 7) is 0. The van der Waals surface area contributed by atoms with Crippen LogP contribution in [-0.4, -0.2) is 54.6 Å². The minimum absolute atomic E-state index is 0. The molecule has 197 valence electrons. The first kappa shape index (κ1) is 32.4. The Kier molecular flexibility index (Phi) is 13.5. The van der Waals surface area contributed by atoms with Crippen molar-refractivity contribution in [1.29, 1.82) is 0 Å². The van der Waals surface area contributed by atoms with E-state index in [1.54, 1.807) is 0 Å². The van der Waals surface area contributed by atoms with Gasteiger partial charge in [0.15, 0.2) is 0 Å². The van der Waals surface area contributed by atoms with Crippen LogP contribution in [0.5, 0.6) is 34.5 Å². The minimum Gasteiger partial charge on any atom is -0.870 e. The SMILES string of the molecule is COc1cc(C(=O)O)ccc1[O-].COc1cc(C(=O)O)ccc1[O-].COc1cc(C(=O)O)ccc1[O-].[Fe+3]. The molecule has 3 rings (SSSR count). The zero-order valence-electron chi connectivity index (χ0n) is 19.6. The summed E-state index contributed by atoms with van der Waals surface area (Å²) in [4.78, 5) is 31.3. The molecule has 3 aromatic carbocycles. The Balaban J connectivity index is 0.000000518. The first-order valence-electron chi connectivity index (χ1n) is 9.70. The average Bonchev–Trinajstić information content (AvgIpc) is 2.85. The zero-order chi connectivity index (χ0) is 27.4. The molecule has 0 aliphatic rings. The minimum atomic E-state index is -1.08. The Hall–Kier alpha value is -4.61. The predicted molar refractivity (Wildman–Crippen MR) is 118 cm³/mol. The number of carbonyl (C=O) groups is 3. The maximum absolute atomic E-state index is 10.9. The van der Waals surface area contributed by atoms with Crippen LogP contribution >= 0.6 is 0 Å². The fourth-order valence-corrected chi connectivity index (χ4v) is 2.40. The van der Waals surface area contributed by atoms with Crippen molar-refractivity contribution in [2.24, 2.45) is 0 Å². The fourth-order valence-electron chi connectivity index (χ4n) is 2.40. The summed E-state index contributed by atoms with van der Waals surface area (Å²) in [6, 6.07) is 10.8. The van der Waals surface area contributed by atoms with Gasteiger partial charge in [0.05, 0.1) is 38.0 Å². The van der Waals surface area contributed by atoms with Gasteiger partial charge in [-0.3, -0.25) is 0 Å². The Morgan fingerprint density at radius 2 is 0.757 bits per heavy atom. The van der Waals surface area contributed by atoms with Crippen LogP contribution in [0, 0.1) is 0 Å². The third kappa shape index (κ3) is 9.88. The van der Waals surface area contributed by atoms with Crippen molar-refractivity contribution in [1.82, 2.24) is 0 Å². The van der Waals surface area contributed by atoms with Gasteiger partial charge in [-0.1, -0.05) is 35.4 Å². The molecule has 0 saturated heterocycles. The second-order valence-electron chi connectivity index (χ2n) is 6.51.